The maximum absolute atomic E-state index is 12.9. The van der Waals surface area contributed by atoms with Crippen LogP contribution >= 0.6 is 23.4 Å². The number of urea groups is 1. The second-order valence-corrected chi connectivity index (χ2v) is 7.71. The molecule has 1 atom stereocenters. The predicted octanol–water partition coefficient (Wildman–Crippen LogP) is 5.77. The van der Waals surface area contributed by atoms with Gasteiger partial charge in [0, 0.05) is 16.0 Å². The van der Waals surface area contributed by atoms with E-state index in [2.05, 4.69) is 15.0 Å². The highest BCUT2D eigenvalue weighted by atomic mass is 35.5. The number of alkyl halides is 3. The fourth-order valence-corrected chi connectivity index (χ4v) is 3.58. The second kappa shape index (κ2) is 8.32. The first-order valence-electron chi connectivity index (χ1n) is 8.15. The van der Waals surface area contributed by atoms with Gasteiger partial charge in [0.1, 0.15) is 5.75 Å². The molecular weight excluding hydrogens is 415 g/mol. The van der Waals surface area contributed by atoms with Gasteiger partial charge in [0.15, 0.2) is 5.17 Å². The second-order valence-electron chi connectivity index (χ2n) is 5.87. The maximum atomic E-state index is 12.9. The van der Waals surface area contributed by atoms with Gasteiger partial charge in [-0.2, -0.15) is 0 Å². The normalized spacial score (nSPS) is 16.5. The highest BCUT2D eigenvalue weighted by Crippen LogP contribution is 2.30. The molecule has 0 radical (unpaired) electrons. The SMILES string of the molecule is C[C@H]1CN=C(N(C(=O)Nc2cccc(Cl)c2)c2ccc(OC(F)(F)F)cc2)S1. The minimum absolute atomic E-state index is 0.185. The lowest BCUT2D eigenvalue weighted by molar-refractivity contribution is -0.274. The molecule has 2 aromatic rings. The van der Waals surface area contributed by atoms with Crippen LogP contribution in [0.2, 0.25) is 5.02 Å². The third kappa shape index (κ3) is 5.32. The molecule has 1 N–H and O–H groups in total. The van der Waals surface area contributed by atoms with E-state index < -0.39 is 12.4 Å². The lowest BCUT2D eigenvalue weighted by Gasteiger charge is -2.23. The van der Waals surface area contributed by atoms with Crippen molar-refractivity contribution >= 4 is 45.9 Å². The molecule has 0 saturated carbocycles. The first-order valence-corrected chi connectivity index (χ1v) is 9.40. The molecule has 2 amide bonds. The molecule has 0 spiro atoms. The minimum atomic E-state index is -4.79. The Hall–Kier alpha value is -2.39. The number of rotatable bonds is 3. The number of nitrogens with zero attached hydrogens (tertiary/aromatic N) is 2. The monoisotopic (exact) mass is 429 g/mol. The van der Waals surface area contributed by atoms with Gasteiger partial charge in [0.2, 0.25) is 0 Å². The fourth-order valence-electron chi connectivity index (χ4n) is 2.44. The highest BCUT2D eigenvalue weighted by Gasteiger charge is 2.32. The molecule has 1 heterocycles. The number of aliphatic imine (C=N–C) groups is 1. The molecule has 0 fully saturated rings. The van der Waals surface area contributed by atoms with E-state index in [-0.39, 0.29) is 11.0 Å². The van der Waals surface area contributed by atoms with Gasteiger partial charge in [-0.25, -0.2) is 9.69 Å². The first-order chi connectivity index (χ1) is 13.2. The number of anilines is 2. The van der Waals surface area contributed by atoms with Crippen molar-refractivity contribution in [3.8, 4) is 5.75 Å². The minimum Gasteiger partial charge on any atom is -0.406 e. The average Bonchev–Trinajstić information content (AvgIpc) is 3.01. The summed E-state index contributed by atoms with van der Waals surface area (Å²) in [5.41, 5.74) is 0.838. The van der Waals surface area contributed by atoms with Crippen molar-refractivity contribution in [2.45, 2.75) is 18.5 Å². The molecule has 5 nitrogen and oxygen atoms in total. The summed E-state index contributed by atoms with van der Waals surface area (Å²) in [6.07, 6.45) is -4.79. The van der Waals surface area contributed by atoms with Crippen LogP contribution in [0.25, 0.3) is 0 Å². The lowest BCUT2D eigenvalue weighted by Crippen LogP contribution is -2.38. The summed E-state index contributed by atoms with van der Waals surface area (Å²) in [4.78, 5) is 18.6. The quantitative estimate of drug-likeness (QED) is 0.674. The van der Waals surface area contributed by atoms with Crippen LogP contribution in [0.1, 0.15) is 6.92 Å². The number of thioether (sulfide) groups is 1. The number of benzene rings is 2. The van der Waals surface area contributed by atoms with Gasteiger partial charge in [-0.1, -0.05) is 36.4 Å². The molecular formula is C18H15ClF3N3O2S. The van der Waals surface area contributed by atoms with Gasteiger partial charge in [-0.3, -0.25) is 4.99 Å². The van der Waals surface area contributed by atoms with Crippen LogP contribution < -0.4 is 15.0 Å². The molecule has 0 aliphatic carbocycles. The fraction of sp³-hybridized carbons (Fsp3) is 0.222. The number of halogens is 4. The van der Waals surface area contributed by atoms with Crippen molar-refractivity contribution < 1.29 is 22.7 Å². The molecule has 0 bridgehead atoms. The van der Waals surface area contributed by atoms with Gasteiger partial charge in [-0.05, 0) is 42.5 Å². The number of ether oxygens (including phenoxy) is 1. The van der Waals surface area contributed by atoms with Gasteiger partial charge < -0.3 is 10.1 Å². The predicted molar refractivity (Wildman–Crippen MR) is 105 cm³/mol. The summed E-state index contributed by atoms with van der Waals surface area (Å²) >= 11 is 7.35. The van der Waals surface area contributed by atoms with E-state index in [4.69, 9.17) is 11.6 Å². The molecule has 10 heteroatoms. The number of amides is 2. The summed E-state index contributed by atoms with van der Waals surface area (Å²) < 4.78 is 41.0. The standard InChI is InChI=1S/C18H15ClF3N3O2S/c1-11-10-23-17(28-11)25(16(26)24-13-4-2-3-12(19)9-13)14-5-7-15(8-6-14)27-18(20,21)22/h2-9,11H,10H2,1H3,(H,24,26)/t11-/m0/s1. The van der Waals surface area contributed by atoms with Crippen molar-refractivity contribution in [3.05, 3.63) is 53.6 Å². The van der Waals surface area contributed by atoms with Gasteiger partial charge in [0.25, 0.3) is 0 Å². The van der Waals surface area contributed by atoms with Gasteiger partial charge in [0.05, 0.1) is 12.2 Å². The van der Waals surface area contributed by atoms with Crippen LogP contribution in [0.4, 0.5) is 29.3 Å². The number of hydrogen-bond acceptors (Lipinski definition) is 4. The Morgan fingerprint density at radius 1 is 1.29 bits per heavy atom. The smallest absolute Gasteiger partial charge is 0.406 e. The van der Waals surface area contributed by atoms with Crippen LogP contribution in [-0.4, -0.2) is 29.4 Å². The van der Waals surface area contributed by atoms with Crippen molar-refractivity contribution in [1.82, 2.24) is 0 Å². The number of carbonyl (C=O) groups is 1. The maximum Gasteiger partial charge on any atom is 0.573 e. The van der Waals surface area contributed by atoms with E-state index in [1.165, 1.54) is 28.8 Å². The number of amidine groups is 1. The molecule has 0 unspecified atom stereocenters. The molecule has 3 rings (SSSR count). The largest absolute Gasteiger partial charge is 0.573 e. The summed E-state index contributed by atoms with van der Waals surface area (Å²) in [5, 5.41) is 3.82. The first kappa shape index (κ1) is 20.3. The highest BCUT2D eigenvalue weighted by molar-refractivity contribution is 8.15. The Morgan fingerprint density at radius 3 is 2.57 bits per heavy atom. The third-order valence-electron chi connectivity index (χ3n) is 3.59. The summed E-state index contributed by atoms with van der Waals surface area (Å²) in [6.45, 7) is 2.50. The van der Waals surface area contributed by atoms with E-state index in [1.807, 2.05) is 6.92 Å². The van der Waals surface area contributed by atoms with E-state index in [9.17, 15) is 18.0 Å². The number of nitrogens with one attached hydrogen (secondary N) is 1. The Kier molecular flexibility index (Phi) is 6.04. The Balaban J connectivity index is 1.86. The molecule has 0 aromatic heterocycles. The molecule has 0 saturated heterocycles. The van der Waals surface area contributed by atoms with Crippen molar-refractivity contribution in [2.24, 2.45) is 4.99 Å². The summed E-state index contributed by atoms with van der Waals surface area (Å²) in [7, 11) is 0. The van der Waals surface area contributed by atoms with E-state index >= 15 is 0 Å². The van der Waals surface area contributed by atoms with Crippen LogP contribution in [0.15, 0.2) is 53.5 Å². The Morgan fingerprint density at radius 2 is 2.00 bits per heavy atom. The van der Waals surface area contributed by atoms with Crippen LogP contribution in [0, 0.1) is 0 Å². The van der Waals surface area contributed by atoms with Crippen molar-refractivity contribution in [3.63, 3.8) is 0 Å². The number of carbonyl (C=O) groups excluding carboxylic acids is 1. The van der Waals surface area contributed by atoms with Gasteiger partial charge >= 0.3 is 12.4 Å². The summed E-state index contributed by atoms with van der Waals surface area (Å²) in [5.74, 6) is -0.374. The lowest BCUT2D eigenvalue weighted by atomic mass is 10.3. The van der Waals surface area contributed by atoms with Crippen LogP contribution in [0.5, 0.6) is 5.75 Å². The van der Waals surface area contributed by atoms with Crippen LogP contribution in [0.3, 0.4) is 0 Å². The molecule has 1 aliphatic heterocycles. The topological polar surface area (TPSA) is 53.9 Å². The van der Waals surface area contributed by atoms with E-state index in [0.29, 0.717) is 28.1 Å². The third-order valence-corrected chi connectivity index (χ3v) is 4.90. The number of hydrogen-bond donors (Lipinski definition) is 1. The average molecular weight is 430 g/mol. The summed E-state index contributed by atoms with van der Waals surface area (Å²) in [6, 6.07) is 11.1. The van der Waals surface area contributed by atoms with Crippen molar-refractivity contribution in [1.29, 1.82) is 0 Å². The van der Waals surface area contributed by atoms with E-state index in [0.717, 1.165) is 12.1 Å². The van der Waals surface area contributed by atoms with E-state index in [1.54, 1.807) is 24.3 Å². The Bertz CT molecular complexity index is 890. The zero-order chi connectivity index (χ0) is 20.3. The zero-order valence-corrected chi connectivity index (χ0v) is 16.1. The molecule has 1 aliphatic rings. The Labute approximate surface area is 168 Å². The van der Waals surface area contributed by atoms with Crippen molar-refractivity contribution in [2.75, 3.05) is 16.8 Å². The molecule has 148 valence electrons. The van der Waals surface area contributed by atoms with Crippen LogP contribution in [-0.2, 0) is 0 Å². The van der Waals surface area contributed by atoms with Gasteiger partial charge in [-0.15, -0.1) is 13.2 Å². The molecule has 28 heavy (non-hydrogen) atoms. The zero-order valence-electron chi connectivity index (χ0n) is 14.5. The molecule has 2 aromatic carbocycles.